The van der Waals surface area contributed by atoms with Crippen LogP contribution in [-0.2, 0) is 9.53 Å². The standard InChI is InChI=1S/C9H15NO2/c1-12-9(11)7-4-6-2-3-8(7)10-5-6/h6-8,10H,2-5H2,1H3/t6-,7-,8-/m1/s1. The average molecular weight is 169 g/mol. The summed E-state index contributed by atoms with van der Waals surface area (Å²) in [6.45, 7) is 1.10. The number of methoxy groups -OCH3 is 1. The molecule has 2 bridgehead atoms. The van der Waals surface area contributed by atoms with Crippen molar-refractivity contribution in [1.82, 2.24) is 5.32 Å². The van der Waals surface area contributed by atoms with E-state index < -0.39 is 0 Å². The van der Waals surface area contributed by atoms with E-state index in [1.54, 1.807) is 0 Å². The monoisotopic (exact) mass is 169 g/mol. The van der Waals surface area contributed by atoms with Gasteiger partial charge in [0.15, 0.2) is 0 Å². The summed E-state index contributed by atoms with van der Waals surface area (Å²) >= 11 is 0. The number of ether oxygens (including phenoxy) is 1. The summed E-state index contributed by atoms with van der Waals surface area (Å²) in [6.07, 6.45) is 3.46. The van der Waals surface area contributed by atoms with Crippen LogP contribution in [0.4, 0.5) is 0 Å². The van der Waals surface area contributed by atoms with Crippen LogP contribution in [0.25, 0.3) is 0 Å². The van der Waals surface area contributed by atoms with Crippen molar-refractivity contribution in [3.05, 3.63) is 0 Å². The van der Waals surface area contributed by atoms with E-state index in [9.17, 15) is 4.79 Å². The molecule has 0 unspecified atom stereocenters. The van der Waals surface area contributed by atoms with Crippen molar-refractivity contribution in [1.29, 1.82) is 0 Å². The Kier molecular flexibility index (Phi) is 2.05. The molecule has 3 heteroatoms. The number of piperidine rings is 2. The van der Waals surface area contributed by atoms with Gasteiger partial charge in [-0.05, 0) is 31.7 Å². The number of carbonyl (C=O) groups is 1. The molecule has 3 rings (SSSR count). The van der Waals surface area contributed by atoms with Gasteiger partial charge in [0.05, 0.1) is 13.0 Å². The van der Waals surface area contributed by atoms with Crippen molar-refractivity contribution in [3.8, 4) is 0 Å². The van der Waals surface area contributed by atoms with Gasteiger partial charge in [0.25, 0.3) is 0 Å². The minimum absolute atomic E-state index is 0.0306. The Bertz CT molecular complexity index is 185. The highest BCUT2D eigenvalue weighted by Gasteiger charge is 2.39. The molecule has 0 aromatic heterocycles. The van der Waals surface area contributed by atoms with Crippen molar-refractivity contribution < 1.29 is 9.53 Å². The van der Waals surface area contributed by atoms with Crippen molar-refractivity contribution in [2.24, 2.45) is 11.8 Å². The molecule has 12 heavy (non-hydrogen) atoms. The van der Waals surface area contributed by atoms with Crippen LogP contribution >= 0.6 is 0 Å². The first-order valence-electron chi connectivity index (χ1n) is 4.62. The largest absolute Gasteiger partial charge is 0.469 e. The highest BCUT2D eigenvalue weighted by atomic mass is 16.5. The Morgan fingerprint density at radius 3 is 2.75 bits per heavy atom. The van der Waals surface area contributed by atoms with E-state index in [0.717, 1.165) is 19.4 Å². The molecule has 1 saturated carbocycles. The fraction of sp³-hybridized carbons (Fsp3) is 0.889. The third kappa shape index (κ3) is 1.22. The third-order valence-electron chi connectivity index (χ3n) is 3.13. The summed E-state index contributed by atoms with van der Waals surface area (Å²) in [4.78, 5) is 11.3. The van der Waals surface area contributed by atoms with E-state index in [-0.39, 0.29) is 11.9 Å². The van der Waals surface area contributed by atoms with E-state index in [0.29, 0.717) is 12.0 Å². The molecular formula is C9H15NO2. The van der Waals surface area contributed by atoms with E-state index >= 15 is 0 Å². The molecule has 3 nitrogen and oxygen atoms in total. The Morgan fingerprint density at radius 2 is 2.33 bits per heavy atom. The Balaban J connectivity index is 2.03. The summed E-state index contributed by atoms with van der Waals surface area (Å²) in [7, 11) is 1.48. The molecule has 2 aliphatic heterocycles. The number of hydrogen-bond donors (Lipinski definition) is 1. The maximum atomic E-state index is 11.3. The fourth-order valence-corrected chi connectivity index (χ4v) is 2.42. The number of nitrogens with one attached hydrogen (secondary N) is 1. The summed E-state index contributed by atoms with van der Waals surface area (Å²) in [6, 6.07) is 0.391. The van der Waals surface area contributed by atoms with Crippen molar-refractivity contribution in [2.45, 2.75) is 25.3 Å². The van der Waals surface area contributed by atoms with Crippen LogP contribution < -0.4 is 5.32 Å². The van der Waals surface area contributed by atoms with Gasteiger partial charge in [0.1, 0.15) is 0 Å². The second kappa shape index (κ2) is 3.05. The molecule has 0 aromatic rings. The van der Waals surface area contributed by atoms with Gasteiger partial charge >= 0.3 is 5.97 Å². The van der Waals surface area contributed by atoms with Crippen molar-refractivity contribution >= 4 is 5.97 Å². The number of rotatable bonds is 1. The lowest BCUT2D eigenvalue weighted by atomic mass is 9.74. The third-order valence-corrected chi connectivity index (χ3v) is 3.13. The number of fused-ring (bicyclic) bond motifs is 3. The van der Waals surface area contributed by atoms with E-state index in [2.05, 4.69) is 5.32 Å². The first-order chi connectivity index (χ1) is 5.81. The van der Waals surface area contributed by atoms with Gasteiger partial charge in [0.2, 0.25) is 0 Å². The van der Waals surface area contributed by atoms with E-state index in [1.807, 2.05) is 0 Å². The number of carbonyl (C=O) groups excluding carboxylic acids is 1. The van der Waals surface area contributed by atoms with Gasteiger partial charge in [-0.1, -0.05) is 0 Å². The number of hydrogen-bond acceptors (Lipinski definition) is 3. The van der Waals surface area contributed by atoms with Gasteiger partial charge in [-0.3, -0.25) is 4.79 Å². The Hall–Kier alpha value is -0.570. The lowest BCUT2D eigenvalue weighted by Crippen LogP contribution is -2.52. The highest BCUT2D eigenvalue weighted by molar-refractivity contribution is 5.73. The SMILES string of the molecule is COC(=O)[C@@H]1C[C@H]2CC[C@H]1NC2. The normalized spacial score (nSPS) is 39.6. The molecule has 3 fully saturated rings. The predicted molar refractivity (Wildman–Crippen MR) is 44.6 cm³/mol. The molecule has 0 spiro atoms. The molecule has 1 N–H and O–H groups in total. The minimum Gasteiger partial charge on any atom is -0.469 e. The Morgan fingerprint density at radius 1 is 1.50 bits per heavy atom. The second-order valence-corrected chi connectivity index (χ2v) is 3.82. The molecular weight excluding hydrogens is 154 g/mol. The molecule has 0 radical (unpaired) electrons. The molecule has 2 saturated heterocycles. The second-order valence-electron chi connectivity index (χ2n) is 3.82. The summed E-state index contributed by atoms with van der Waals surface area (Å²) in [5.74, 6) is 0.804. The maximum Gasteiger partial charge on any atom is 0.310 e. The van der Waals surface area contributed by atoms with E-state index in [4.69, 9.17) is 4.74 Å². The van der Waals surface area contributed by atoms with Crippen LogP contribution in [0.15, 0.2) is 0 Å². The van der Waals surface area contributed by atoms with Gasteiger partial charge < -0.3 is 10.1 Å². The average Bonchev–Trinajstić information content (AvgIpc) is 2.18. The van der Waals surface area contributed by atoms with Crippen molar-refractivity contribution in [3.63, 3.8) is 0 Å². The quantitative estimate of drug-likeness (QED) is 0.582. The van der Waals surface area contributed by atoms with Crippen LogP contribution in [0.1, 0.15) is 19.3 Å². The van der Waals surface area contributed by atoms with Gasteiger partial charge in [-0.25, -0.2) is 0 Å². The molecule has 0 aromatic carbocycles. The molecule has 1 aliphatic carbocycles. The van der Waals surface area contributed by atoms with Gasteiger partial charge in [-0.15, -0.1) is 0 Å². The summed E-state index contributed by atoms with van der Waals surface area (Å²) in [5, 5.41) is 3.38. The smallest absolute Gasteiger partial charge is 0.310 e. The first-order valence-corrected chi connectivity index (χ1v) is 4.62. The zero-order valence-electron chi connectivity index (χ0n) is 7.38. The van der Waals surface area contributed by atoms with Gasteiger partial charge in [-0.2, -0.15) is 0 Å². The number of esters is 1. The first kappa shape index (κ1) is 8.05. The zero-order valence-corrected chi connectivity index (χ0v) is 7.38. The minimum atomic E-state index is -0.0306. The molecule has 68 valence electrons. The maximum absolute atomic E-state index is 11.3. The van der Waals surface area contributed by atoms with Crippen LogP contribution in [0.3, 0.4) is 0 Å². The topological polar surface area (TPSA) is 38.3 Å². The molecule has 3 aliphatic rings. The highest BCUT2D eigenvalue weighted by Crippen LogP contribution is 2.34. The molecule has 2 heterocycles. The summed E-state index contributed by atoms with van der Waals surface area (Å²) < 4.78 is 4.76. The molecule has 3 atom stereocenters. The van der Waals surface area contributed by atoms with Crippen LogP contribution in [0.5, 0.6) is 0 Å². The Labute approximate surface area is 72.5 Å². The fourth-order valence-electron chi connectivity index (χ4n) is 2.42. The zero-order chi connectivity index (χ0) is 8.55. The van der Waals surface area contributed by atoms with Crippen LogP contribution in [0, 0.1) is 11.8 Å². The summed E-state index contributed by atoms with van der Waals surface area (Å²) in [5.41, 5.74) is 0. The van der Waals surface area contributed by atoms with Crippen molar-refractivity contribution in [2.75, 3.05) is 13.7 Å². The van der Waals surface area contributed by atoms with Gasteiger partial charge in [0, 0.05) is 6.04 Å². The van der Waals surface area contributed by atoms with E-state index in [1.165, 1.54) is 13.5 Å². The van der Waals surface area contributed by atoms with Crippen LogP contribution in [-0.4, -0.2) is 25.7 Å². The van der Waals surface area contributed by atoms with Crippen LogP contribution in [0.2, 0.25) is 0 Å². The lowest BCUT2D eigenvalue weighted by molar-refractivity contribution is -0.149. The molecule has 0 amide bonds. The predicted octanol–water partition coefficient (Wildman–Crippen LogP) is 0.547. The lowest BCUT2D eigenvalue weighted by Gasteiger charge is -2.41.